The zero-order valence-electron chi connectivity index (χ0n) is 19.8. The van der Waals surface area contributed by atoms with Gasteiger partial charge in [-0.3, -0.25) is 0 Å². The Kier molecular flexibility index (Phi) is 3.30. The molecule has 6 bridgehead atoms. The number of anilines is 2. The van der Waals surface area contributed by atoms with Gasteiger partial charge in [0.1, 0.15) is 0 Å². The van der Waals surface area contributed by atoms with Crippen LogP contribution in [0.15, 0.2) is 91.0 Å². The van der Waals surface area contributed by atoms with Crippen LogP contribution in [0.5, 0.6) is 0 Å². The maximum Gasteiger partial charge on any atom is 0.0406 e. The van der Waals surface area contributed by atoms with E-state index >= 15 is 0 Å². The standard InChI is InChI=1S/C34H24N2/c35-33-26-16-25-18-14-7-15-24(25)27(19-9-2-1-8-17(18)19)30(26)34(36)32-29-22-12-5-3-10-20(22)28(31(32)33)21-11-4-6-13-23(21)29/h1-15,27-29H,16,35-36H2. The van der Waals surface area contributed by atoms with Crippen molar-refractivity contribution in [1.82, 2.24) is 0 Å². The lowest BCUT2D eigenvalue weighted by Crippen LogP contribution is -2.32. The number of rotatable bonds is 0. The van der Waals surface area contributed by atoms with Crippen LogP contribution in [-0.2, 0) is 6.42 Å². The van der Waals surface area contributed by atoms with Gasteiger partial charge in [-0.1, -0.05) is 91.0 Å². The first kappa shape index (κ1) is 19.0. The van der Waals surface area contributed by atoms with Crippen LogP contribution < -0.4 is 11.5 Å². The number of hydrogen-bond acceptors (Lipinski definition) is 2. The predicted octanol–water partition coefficient (Wildman–Crippen LogP) is 6.90. The summed E-state index contributed by atoms with van der Waals surface area (Å²) in [6.45, 7) is 0. The van der Waals surface area contributed by atoms with Gasteiger partial charge in [0.15, 0.2) is 0 Å². The first-order chi connectivity index (χ1) is 17.7. The summed E-state index contributed by atoms with van der Waals surface area (Å²) >= 11 is 0. The maximum absolute atomic E-state index is 7.34. The fraction of sp³-hybridized carbons (Fsp3) is 0.118. The molecule has 0 saturated heterocycles. The molecule has 0 saturated carbocycles. The lowest BCUT2D eigenvalue weighted by atomic mass is 9.57. The highest BCUT2D eigenvalue weighted by Crippen LogP contribution is 2.62. The Morgan fingerprint density at radius 2 is 0.889 bits per heavy atom. The van der Waals surface area contributed by atoms with Gasteiger partial charge in [0.25, 0.3) is 0 Å². The van der Waals surface area contributed by atoms with E-state index in [4.69, 9.17) is 11.5 Å². The molecule has 1 atom stereocenters. The van der Waals surface area contributed by atoms with Crippen LogP contribution in [-0.4, -0.2) is 0 Å². The molecule has 1 unspecified atom stereocenters. The zero-order chi connectivity index (χ0) is 23.7. The van der Waals surface area contributed by atoms with Crippen LogP contribution in [0.3, 0.4) is 0 Å². The Morgan fingerprint density at radius 1 is 0.417 bits per heavy atom. The van der Waals surface area contributed by atoms with Crippen molar-refractivity contribution in [1.29, 1.82) is 0 Å². The van der Waals surface area contributed by atoms with E-state index in [-0.39, 0.29) is 17.8 Å². The van der Waals surface area contributed by atoms with Gasteiger partial charge in [0, 0.05) is 35.5 Å². The molecule has 0 amide bonds. The average Bonchev–Trinajstić information content (AvgIpc) is 2.93. The van der Waals surface area contributed by atoms with Crippen molar-refractivity contribution in [3.63, 3.8) is 0 Å². The summed E-state index contributed by atoms with van der Waals surface area (Å²) in [5, 5.41) is 0. The first-order valence-electron chi connectivity index (χ1n) is 12.9. The van der Waals surface area contributed by atoms with Crippen molar-refractivity contribution < 1.29 is 0 Å². The highest BCUT2D eigenvalue weighted by Gasteiger charge is 2.47. The summed E-state index contributed by atoms with van der Waals surface area (Å²) in [5.74, 6) is 0.388. The van der Waals surface area contributed by atoms with E-state index in [2.05, 4.69) is 91.0 Å². The Hall–Kier alpha value is -4.30. The summed E-state index contributed by atoms with van der Waals surface area (Å²) < 4.78 is 0. The first-order valence-corrected chi connectivity index (χ1v) is 12.9. The Balaban J connectivity index is 1.41. The molecule has 36 heavy (non-hydrogen) atoms. The third-order valence-electron chi connectivity index (χ3n) is 9.35. The summed E-state index contributed by atoms with van der Waals surface area (Å²) in [6, 6.07) is 33.4. The molecule has 5 aliphatic carbocycles. The topological polar surface area (TPSA) is 52.0 Å². The third kappa shape index (κ3) is 2.00. The highest BCUT2D eigenvalue weighted by atomic mass is 14.7. The van der Waals surface area contributed by atoms with E-state index in [9.17, 15) is 0 Å². The van der Waals surface area contributed by atoms with Gasteiger partial charge < -0.3 is 11.5 Å². The molecule has 5 aromatic carbocycles. The Labute approximate surface area is 210 Å². The molecular weight excluding hydrogens is 436 g/mol. The van der Waals surface area contributed by atoms with E-state index in [0.29, 0.717) is 0 Å². The molecule has 0 aliphatic heterocycles. The molecule has 0 heterocycles. The molecule has 0 spiro atoms. The smallest absolute Gasteiger partial charge is 0.0406 e. The number of fused-ring (bicyclic) bond motifs is 5. The number of nitrogens with two attached hydrogens (primary N) is 2. The van der Waals surface area contributed by atoms with Crippen LogP contribution >= 0.6 is 0 Å². The van der Waals surface area contributed by atoms with Crippen LogP contribution in [0.25, 0.3) is 11.1 Å². The van der Waals surface area contributed by atoms with Crippen molar-refractivity contribution in [2.45, 2.75) is 24.2 Å². The van der Waals surface area contributed by atoms with E-state index in [1.807, 2.05) is 0 Å². The molecule has 0 fully saturated rings. The molecular formula is C34H24N2. The summed E-state index contributed by atoms with van der Waals surface area (Å²) in [5.41, 5.74) is 33.8. The molecule has 2 nitrogen and oxygen atoms in total. The SMILES string of the molecule is Nc1c2c(c(N)c3c1C1c4ccccc4C3c3ccccc31)C1c3ccccc3-c3cccc1c3C2. The van der Waals surface area contributed by atoms with Crippen molar-refractivity contribution in [2.75, 3.05) is 11.5 Å². The van der Waals surface area contributed by atoms with Gasteiger partial charge in [-0.05, 0) is 72.3 Å². The van der Waals surface area contributed by atoms with Crippen molar-refractivity contribution >= 4 is 11.4 Å². The van der Waals surface area contributed by atoms with Crippen LogP contribution in [0.2, 0.25) is 0 Å². The second-order valence-corrected chi connectivity index (χ2v) is 10.7. The van der Waals surface area contributed by atoms with E-state index in [0.717, 1.165) is 17.8 Å². The zero-order valence-corrected chi connectivity index (χ0v) is 19.8. The molecule has 5 aromatic rings. The number of nitrogen functional groups attached to an aromatic ring is 2. The summed E-state index contributed by atoms with van der Waals surface area (Å²) in [7, 11) is 0. The van der Waals surface area contributed by atoms with Crippen LogP contribution in [0.4, 0.5) is 11.4 Å². The van der Waals surface area contributed by atoms with E-state index in [1.165, 1.54) is 72.3 Å². The quantitative estimate of drug-likeness (QED) is 0.242. The van der Waals surface area contributed by atoms with Gasteiger partial charge in [-0.2, -0.15) is 0 Å². The van der Waals surface area contributed by atoms with Gasteiger partial charge in [0.2, 0.25) is 0 Å². The van der Waals surface area contributed by atoms with E-state index < -0.39 is 0 Å². The lowest BCUT2D eigenvalue weighted by Gasteiger charge is -2.46. The highest BCUT2D eigenvalue weighted by molar-refractivity contribution is 5.89. The molecule has 0 radical (unpaired) electrons. The lowest BCUT2D eigenvalue weighted by molar-refractivity contribution is 0.749. The normalized spacial score (nSPS) is 20.6. The minimum Gasteiger partial charge on any atom is -0.398 e. The fourth-order valence-corrected chi connectivity index (χ4v) is 8.05. The fourth-order valence-electron chi connectivity index (χ4n) is 8.05. The second kappa shape index (κ2) is 6.27. The molecule has 0 aromatic heterocycles. The number of benzene rings is 5. The molecule has 4 N–H and O–H groups in total. The summed E-state index contributed by atoms with van der Waals surface area (Å²) in [6.07, 6.45) is 0.843. The van der Waals surface area contributed by atoms with Gasteiger partial charge in [-0.25, -0.2) is 0 Å². The van der Waals surface area contributed by atoms with E-state index in [1.54, 1.807) is 0 Å². The number of hydrogen-bond donors (Lipinski definition) is 2. The van der Waals surface area contributed by atoms with Crippen molar-refractivity contribution in [3.8, 4) is 11.1 Å². The van der Waals surface area contributed by atoms with Crippen LogP contribution in [0.1, 0.15) is 79.0 Å². The van der Waals surface area contributed by atoms with Crippen molar-refractivity contribution in [3.05, 3.63) is 152 Å². The minimum atomic E-state index is 0.122. The molecule has 170 valence electrons. The van der Waals surface area contributed by atoms with Crippen molar-refractivity contribution in [2.24, 2.45) is 0 Å². The van der Waals surface area contributed by atoms with Gasteiger partial charge in [0.05, 0.1) is 0 Å². The largest absolute Gasteiger partial charge is 0.398 e. The predicted molar refractivity (Wildman–Crippen MR) is 146 cm³/mol. The summed E-state index contributed by atoms with van der Waals surface area (Å²) in [4.78, 5) is 0. The monoisotopic (exact) mass is 460 g/mol. The minimum absolute atomic E-state index is 0.122. The molecule has 2 heteroatoms. The second-order valence-electron chi connectivity index (χ2n) is 10.7. The van der Waals surface area contributed by atoms with Crippen LogP contribution in [0, 0.1) is 0 Å². The third-order valence-corrected chi connectivity index (χ3v) is 9.35. The maximum atomic E-state index is 7.34. The molecule has 5 aliphatic rings. The molecule has 10 rings (SSSR count). The average molecular weight is 461 g/mol. The van der Waals surface area contributed by atoms with Gasteiger partial charge >= 0.3 is 0 Å². The Bertz CT molecular complexity index is 1760. The van der Waals surface area contributed by atoms with Gasteiger partial charge in [-0.15, -0.1) is 0 Å². The Morgan fingerprint density at radius 3 is 1.53 bits per heavy atom.